The van der Waals surface area contributed by atoms with Crippen molar-refractivity contribution in [1.29, 1.82) is 0 Å². The van der Waals surface area contributed by atoms with Crippen molar-refractivity contribution in [3.63, 3.8) is 0 Å². The second-order valence-electron chi connectivity index (χ2n) is 4.29. The number of hydrogen-bond acceptors (Lipinski definition) is 5. The minimum Gasteiger partial charge on any atom is -0.493 e. The summed E-state index contributed by atoms with van der Waals surface area (Å²) in [6.07, 6.45) is 2.24. The monoisotopic (exact) mass is 276 g/mol. The van der Waals surface area contributed by atoms with Crippen LogP contribution in [0.2, 0.25) is 5.02 Å². The molecule has 3 rings (SSSR count). The molecule has 0 fully saturated rings. The molecule has 0 spiro atoms. The Kier molecular flexibility index (Phi) is 3.13. The lowest BCUT2D eigenvalue weighted by atomic mass is 10.0. The molecule has 0 amide bonds. The number of rotatable bonds is 2. The van der Waals surface area contributed by atoms with Crippen LogP contribution >= 0.6 is 11.6 Å². The number of anilines is 2. The van der Waals surface area contributed by atoms with Crippen molar-refractivity contribution in [3.8, 4) is 5.75 Å². The summed E-state index contributed by atoms with van der Waals surface area (Å²) in [5, 5.41) is 3.66. The maximum Gasteiger partial charge on any atom is 0.150 e. The summed E-state index contributed by atoms with van der Waals surface area (Å²) in [6, 6.07) is 8.04. The van der Waals surface area contributed by atoms with Gasteiger partial charge in [0.05, 0.1) is 12.6 Å². The zero-order valence-electron chi connectivity index (χ0n) is 10.1. The Hall–Kier alpha value is -2.01. The highest BCUT2D eigenvalue weighted by Crippen LogP contribution is 2.35. The van der Waals surface area contributed by atoms with E-state index in [0.29, 0.717) is 17.4 Å². The van der Waals surface area contributed by atoms with E-state index < -0.39 is 0 Å². The summed E-state index contributed by atoms with van der Waals surface area (Å²) in [7, 11) is 0. The molecule has 0 radical (unpaired) electrons. The molecule has 0 saturated heterocycles. The van der Waals surface area contributed by atoms with Crippen molar-refractivity contribution >= 4 is 23.2 Å². The van der Waals surface area contributed by atoms with Gasteiger partial charge in [-0.25, -0.2) is 9.97 Å². The fourth-order valence-corrected chi connectivity index (χ4v) is 2.29. The van der Waals surface area contributed by atoms with Gasteiger partial charge in [0, 0.05) is 12.0 Å². The SMILES string of the molecule is Nc1ncnc(NC2CCOc3ccccc32)c1Cl. The number of aromatic nitrogens is 2. The van der Waals surface area contributed by atoms with Crippen molar-refractivity contribution < 1.29 is 4.74 Å². The molecule has 1 aliphatic heterocycles. The van der Waals surface area contributed by atoms with Crippen LogP contribution in [0, 0.1) is 0 Å². The predicted octanol–water partition coefficient (Wildman–Crippen LogP) is 2.65. The molecule has 6 heteroatoms. The fourth-order valence-electron chi connectivity index (χ4n) is 2.14. The van der Waals surface area contributed by atoms with Crippen molar-refractivity contribution in [2.45, 2.75) is 12.5 Å². The number of hydrogen-bond donors (Lipinski definition) is 2. The number of halogens is 1. The van der Waals surface area contributed by atoms with Gasteiger partial charge in [0.2, 0.25) is 0 Å². The number of fused-ring (bicyclic) bond motifs is 1. The average Bonchev–Trinajstić information content (AvgIpc) is 2.44. The van der Waals surface area contributed by atoms with Gasteiger partial charge >= 0.3 is 0 Å². The van der Waals surface area contributed by atoms with Crippen molar-refractivity contribution in [3.05, 3.63) is 41.2 Å². The van der Waals surface area contributed by atoms with E-state index in [9.17, 15) is 0 Å². The molecule has 2 heterocycles. The molecule has 5 nitrogen and oxygen atoms in total. The van der Waals surface area contributed by atoms with Crippen LogP contribution in [0.5, 0.6) is 5.75 Å². The van der Waals surface area contributed by atoms with E-state index in [-0.39, 0.29) is 11.9 Å². The van der Waals surface area contributed by atoms with Crippen molar-refractivity contribution in [2.75, 3.05) is 17.7 Å². The van der Waals surface area contributed by atoms with Gasteiger partial charge in [-0.3, -0.25) is 0 Å². The van der Waals surface area contributed by atoms with E-state index in [0.717, 1.165) is 17.7 Å². The lowest BCUT2D eigenvalue weighted by Gasteiger charge is -2.27. The zero-order chi connectivity index (χ0) is 13.2. The van der Waals surface area contributed by atoms with Crippen LogP contribution in [0.1, 0.15) is 18.0 Å². The minimum absolute atomic E-state index is 0.108. The third kappa shape index (κ3) is 2.29. The summed E-state index contributed by atoms with van der Waals surface area (Å²) in [5.74, 6) is 1.72. The maximum atomic E-state index is 6.10. The van der Waals surface area contributed by atoms with Crippen LogP contribution in [0.4, 0.5) is 11.6 Å². The first-order valence-electron chi connectivity index (χ1n) is 6.00. The minimum atomic E-state index is 0.108. The standard InChI is InChI=1S/C13H13ClN4O/c14-11-12(15)16-7-17-13(11)18-9-5-6-19-10-4-2-1-3-8(9)10/h1-4,7,9H,5-6H2,(H3,15,16,17,18). The normalized spacial score (nSPS) is 17.4. The quantitative estimate of drug-likeness (QED) is 0.882. The maximum absolute atomic E-state index is 6.10. The molecule has 1 aromatic heterocycles. The largest absolute Gasteiger partial charge is 0.493 e. The van der Waals surface area contributed by atoms with Gasteiger partial charge in [-0.15, -0.1) is 0 Å². The summed E-state index contributed by atoms with van der Waals surface area (Å²) in [5.41, 5.74) is 6.77. The second-order valence-corrected chi connectivity index (χ2v) is 4.67. The van der Waals surface area contributed by atoms with Gasteiger partial charge in [-0.05, 0) is 6.07 Å². The Morgan fingerprint density at radius 1 is 1.32 bits per heavy atom. The number of benzene rings is 1. The molecule has 0 aliphatic carbocycles. The van der Waals surface area contributed by atoms with E-state index in [1.165, 1.54) is 6.33 Å². The van der Waals surface area contributed by atoms with Gasteiger partial charge in [0.15, 0.2) is 5.82 Å². The first-order valence-corrected chi connectivity index (χ1v) is 6.37. The van der Waals surface area contributed by atoms with Crippen LogP contribution in [0.3, 0.4) is 0 Å². The molecule has 1 aromatic carbocycles. The second kappa shape index (κ2) is 4.93. The smallest absolute Gasteiger partial charge is 0.150 e. The number of nitrogen functional groups attached to an aromatic ring is 1. The molecular weight excluding hydrogens is 264 g/mol. The number of nitrogens with two attached hydrogens (primary N) is 1. The Morgan fingerprint density at radius 2 is 2.16 bits per heavy atom. The van der Waals surface area contributed by atoms with E-state index in [1.807, 2.05) is 24.3 Å². The highest BCUT2D eigenvalue weighted by atomic mass is 35.5. The summed E-state index contributed by atoms with van der Waals surface area (Å²) in [4.78, 5) is 7.98. The van der Waals surface area contributed by atoms with Crippen LogP contribution in [-0.4, -0.2) is 16.6 Å². The average molecular weight is 277 g/mol. The first-order chi connectivity index (χ1) is 9.25. The molecule has 1 unspecified atom stereocenters. The molecule has 19 heavy (non-hydrogen) atoms. The van der Waals surface area contributed by atoms with Gasteiger partial charge in [0.25, 0.3) is 0 Å². The summed E-state index contributed by atoms with van der Waals surface area (Å²) >= 11 is 6.10. The molecule has 98 valence electrons. The van der Waals surface area contributed by atoms with Gasteiger partial charge in [-0.2, -0.15) is 0 Å². The Bertz CT molecular complexity index is 605. The molecule has 3 N–H and O–H groups in total. The number of para-hydroxylation sites is 1. The number of nitrogens with one attached hydrogen (secondary N) is 1. The third-order valence-corrected chi connectivity index (χ3v) is 3.46. The third-order valence-electron chi connectivity index (χ3n) is 3.09. The summed E-state index contributed by atoms with van der Waals surface area (Å²) in [6.45, 7) is 0.660. The molecule has 2 aromatic rings. The molecular formula is C13H13ClN4O. The van der Waals surface area contributed by atoms with E-state index >= 15 is 0 Å². The Labute approximate surface area is 115 Å². The van der Waals surface area contributed by atoms with E-state index in [2.05, 4.69) is 15.3 Å². The molecule has 1 aliphatic rings. The highest BCUT2D eigenvalue weighted by Gasteiger charge is 2.22. The molecule has 0 saturated carbocycles. The van der Waals surface area contributed by atoms with Crippen LogP contribution in [0.15, 0.2) is 30.6 Å². The van der Waals surface area contributed by atoms with Crippen LogP contribution in [-0.2, 0) is 0 Å². The fraction of sp³-hybridized carbons (Fsp3) is 0.231. The van der Waals surface area contributed by atoms with Gasteiger partial charge < -0.3 is 15.8 Å². The van der Waals surface area contributed by atoms with Crippen LogP contribution in [0.25, 0.3) is 0 Å². The van der Waals surface area contributed by atoms with Crippen LogP contribution < -0.4 is 15.8 Å². The Morgan fingerprint density at radius 3 is 3.05 bits per heavy atom. The zero-order valence-corrected chi connectivity index (χ0v) is 10.9. The molecule has 0 bridgehead atoms. The highest BCUT2D eigenvalue weighted by molar-refractivity contribution is 6.35. The summed E-state index contributed by atoms with van der Waals surface area (Å²) < 4.78 is 5.61. The predicted molar refractivity (Wildman–Crippen MR) is 74.4 cm³/mol. The first kappa shape index (κ1) is 12.0. The van der Waals surface area contributed by atoms with Crippen molar-refractivity contribution in [1.82, 2.24) is 9.97 Å². The van der Waals surface area contributed by atoms with E-state index in [1.54, 1.807) is 0 Å². The lowest BCUT2D eigenvalue weighted by molar-refractivity contribution is 0.274. The topological polar surface area (TPSA) is 73.1 Å². The lowest BCUT2D eigenvalue weighted by Crippen LogP contribution is -2.21. The number of ether oxygens (including phenoxy) is 1. The number of nitrogens with zero attached hydrogens (tertiary/aromatic N) is 2. The van der Waals surface area contributed by atoms with Gasteiger partial charge in [-0.1, -0.05) is 29.8 Å². The molecule has 1 atom stereocenters. The van der Waals surface area contributed by atoms with Gasteiger partial charge in [0.1, 0.15) is 22.9 Å². The van der Waals surface area contributed by atoms with Crippen molar-refractivity contribution in [2.24, 2.45) is 0 Å². The van der Waals surface area contributed by atoms with E-state index in [4.69, 9.17) is 22.1 Å². The Balaban J connectivity index is 1.91.